The number of nitrogens with one attached hydrogen (secondary N) is 1. The van der Waals surface area contributed by atoms with Gasteiger partial charge in [-0.05, 0) is 56.6 Å². The fraction of sp³-hybridized carbons (Fsp3) is 0.444. The van der Waals surface area contributed by atoms with Crippen molar-refractivity contribution in [3.63, 3.8) is 0 Å². The molecule has 0 fully saturated rings. The zero-order valence-corrected chi connectivity index (χ0v) is 14.0. The van der Waals surface area contributed by atoms with Crippen LogP contribution in [-0.4, -0.2) is 13.2 Å². The quantitative estimate of drug-likeness (QED) is 0.751. The number of aryl methyl sites for hydroxylation is 2. The Hall–Kier alpha value is -1.32. The van der Waals surface area contributed by atoms with E-state index in [1.807, 2.05) is 23.5 Å². The molecule has 114 valence electrons. The molecule has 21 heavy (non-hydrogen) atoms. The molecule has 0 saturated heterocycles. The van der Waals surface area contributed by atoms with Crippen LogP contribution < -0.4 is 10.1 Å². The Morgan fingerprint density at radius 1 is 1.19 bits per heavy atom. The van der Waals surface area contributed by atoms with E-state index in [9.17, 15) is 0 Å². The molecule has 2 rings (SSSR count). The van der Waals surface area contributed by atoms with E-state index in [4.69, 9.17) is 4.74 Å². The third kappa shape index (κ3) is 5.18. The highest BCUT2D eigenvalue weighted by atomic mass is 32.1. The van der Waals surface area contributed by atoms with E-state index in [1.165, 1.54) is 15.3 Å². The van der Waals surface area contributed by atoms with Crippen LogP contribution in [0.3, 0.4) is 0 Å². The van der Waals surface area contributed by atoms with Gasteiger partial charge >= 0.3 is 0 Å². The Bertz CT molecular complexity index is 550. The van der Waals surface area contributed by atoms with Crippen LogP contribution in [0.4, 0.5) is 0 Å². The Kier molecular flexibility index (Phi) is 6.27. The largest absolute Gasteiger partial charge is 0.494 e. The van der Waals surface area contributed by atoms with Gasteiger partial charge in [0.05, 0.1) is 6.61 Å². The summed E-state index contributed by atoms with van der Waals surface area (Å²) in [6, 6.07) is 13.1. The Labute approximate surface area is 132 Å². The van der Waals surface area contributed by atoms with Crippen LogP contribution in [0.25, 0.3) is 0 Å². The molecule has 1 aromatic heterocycles. The maximum Gasteiger partial charge on any atom is 0.119 e. The van der Waals surface area contributed by atoms with E-state index in [0.29, 0.717) is 6.04 Å². The van der Waals surface area contributed by atoms with Crippen molar-refractivity contribution in [3.8, 4) is 5.75 Å². The smallest absolute Gasteiger partial charge is 0.119 e. The molecule has 0 saturated carbocycles. The molecular formula is C18H25NOS. The molecule has 1 heterocycles. The highest BCUT2D eigenvalue weighted by Crippen LogP contribution is 2.25. The van der Waals surface area contributed by atoms with Gasteiger partial charge in [0.15, 0.2) is 0 Å². The molecule has 3 heteroatoms. The molecule has 2 nitrogen and oxygen atoms in total. The molecule has 0 spiro atoms. The Morgan fingerprint density at radius 2 is 2.05 bits per heavy atom. The topological polar surface area (TPSA) is 21.3 Å². The Morgan fingerprint density at radius 3 is 2.71 bits per heavy atom. The second kappa shape index (κ2) is 8.20. The van der Waals surface area contributed by atoms with Crippen molar-refractivity contribution in [2.45, 2.75) is 39.7 Å². The van der Waals surface area contributed by atoms with Crippen LogP contribution in [-0.2, 0) is 0 Å². The van der Waals surface area contributed by atoms with Gasteiger partial charge in [0.2, 0.25) is 0 Å². The van der Waals surface area contributed by atoms with Gasteiger partial charge in [0.1, 0.15) is 5.75 Å². The van der Waals surface area contributed by atoms with Crippen molar-refractivity contribution in [2.24, 2.45) is 0 Å². The van der Waals surface area contributed by atoms with Gasteiger partial charge in [0, 0.05) is 22.2 Å². The maximum atomic E-state index is 5.89. The third-order valence-corrected chi connectivity index (χ3v) is 4.52. The summed E-state index contributed by atoms with van der Waals surface area (Å²) in [5, 5.41) is 3.63. The minimum absolute atomic E-state index is 0.397. The van der Waals surface area contributed by atoms with Crippen molar-refractivity contribution in [1.29, 1.82) is 0 Å². The summed E-state index contributed by atoms with van der Waals surface area (Å²) < 4.78 is 5.89. The average Bonchev–Trinajstić information content (AvgIpc) is 2.89. The van der Waals surface area contributed by atoms with Crippen LogP contribution in [0.1, 0.15) is 41.1 Å². The molecular weight excluding hydrogens is 278 g/mol. The van der Waals surface area contributed by atoms with E-state index < -0.39 is 0 Å². The molecule has 1 atom stereocenters. The first-order valence-corrected chi connectivity index (χ1v) is 8.50. The van der Waals surface area contributed by atoms with Crippen molar-refractivity contribution >= 4 is 11.3 Å². The lowest BCUT2D eigenvalue weighted by atomic mass is 10.1. The highest BCUT2D eigenvalue weighted by Gasteiger charge is 2.12. The zero-order chi connectivity index (χ0) is 15.1. The molecule has 0 aliphatic heterocycles. The van der Waals surface area contributed by atoms with E-state index in [1.54, 1.807) is 0 Å². The lowest BCUT2D eigenvalue weighted by Crippen LogP contribution is -2.23. The van der Waals surface area contributed by atoms with Crippen molar-refractivity contribution in [3.05, 3.63) is 51.7 Å². The number of benzene rings is 1. The number of rotatable bonds is 8. The van der Waals surface area contributed by atoms with Crippen LogP contribution in [0.2, 0.25) is 0 Å². The third-order valence-electron chi connectivity index (χ3n) is 3.41. The van der Waals surface area contributed by atoms with Crippen LogP contribution in [0.15, 0.2) is 36.4 Å². The highest BCUT2D eigenvalue weighted by molar-refractivity contribution is 7.12. The number of hydrogen-bond acceptors (Lipinski definition) is 3. The summed E-state index contributed by atoms with van der Waals surface area (Å²) in [4.78, 5) is 2.78. The second-order valence-electron chi connectivity index (χ2n) is 5.41. The fourth-order valence-corrected chi connectivity index (χ4v) is 3.29. The van der Waals surface area contributed by atoms with Gasteiger partial charge in [-0.1, -0.05) is 19.1 Å². The standard InChI is InChI=1S/C18H25NOS/c1-4-11-19-17(18-9-8-15(3)21-18)10-12-20-16-7-5-6-14(2)13-16/h5-9,13,17,19H,4,10-12H2,1-3H3. The van der Waals surface area contributed by atoms with Gasteiger partial charge in [0.25, 0.3) is 0 Å². The first-order chi connectivity index (χ1) is 10.2. The van der Waals surface area contributed by atoms with Gasteiger partial charge in [-0.15, -0.1) is 11.3 Å². The number of hydrogen-bond donors (Lipinski definition) is 1. The first kappa shape index (κ1) is 16.1. The van der Waals surface area contributed by atoms with E-state index >= 15 is 0 Å². The second-order valence-corrected chi connectivity index (χ2v) is 6.73. The predicted octanol–water partition coefficient (Wildman–Crippen LogP) is 4.87. The normalized spacial score (nSPS) is 12.3. The van der Waals surface area contributed by atoms with Crippen LogP contribution >= 0.6 is 11.3 Å². The molecule has 2 aromatic rings. The predicted molar refractivity (Wildman–Crippen MR) is 91.4 cm³/mol. The molecule has 0 amide bonds. The number of thiophene rings is 1. The summed E-state index contributed by atoms with van der Waals surface area (Å²) in [5.41, 5.74) is 1.24. The molecule has 0 bridgehead atoms. The zero-order valence-electron chi connectivity index (χ0n) is 13.2. The summed E-state index contributed by atoms with van der Waals surface area (Å²) in [5.74, 6) is 0.964. The van der Waals surface area contributed by atoms with Gasteiger partial charge in [-0.25, -0.2) is 0 Å². The lowest BCUT2D eigenvalue weighted by Gasteiger charge is -2.17. The van der Waals surface area contributed by atoms with Crippen LogP contribution in [0, 0.1) is 13.8 Å². The summed E-state index contributed by atoms with van der Waals surface area (Å²) in [6.45, 7) is 8.24. The van der Waals surface area contributed by atoms with E-state index in [-0.39, 0.29) is 0 Å². The fourth-order valence-electron chi connectivity index (χ4n) is 2.30. The average molecular weight is 303 g/mol. The molecule has 0 aliphatic rings. The van der Waals surface area contributed by atoms with E-state index in [2.05, 4.69) is 50.4 Å². The molecule has 0 radical (unpaired) electrons. The SMILES string of the molecule is CCCNC(CCOc1cccc(C)c1)c1ccc(C)s1. The van der Waals surface area contributed by atoms with Crippen molar-refractivity contribution in [1.82, 2.24) is 5.32 Å². The molecule has 1 unspecified atom stereocenters. The first-order valence-electron chi connectivity index (χ1n) is 7.68. The van der Waals surface area contributed by atoms with E-state index in [0.717, 1.165) is 31.7 Å². The van der Waals surface area contributed by atoms with Crippen molar-refractivity contribution in [2.75, 3.05) is 13.2 Å². The minimum atomic E-state index is 0.397. The maximum absolute atomic E-state index is 5.89. The summed E-state index contributed by atoms with van der Waals surface area (Å²) in [6.07, 6.45) is 2.15. The molecule has 1 N–H and O–H groups in total. The Balaban J connectivity index is 1.89. The molecule has 1 aromatic carbocycles. The summed E-state index contributed by atoms with van der Waals surface area (Å²) >= 11 is 1.88. The minimum Gasteiger partial charge on any atom is -0.494 e. The molecule has 0 aliphatic carbocycles. The van der Waals surface area contributed by atoms with Gasteiger partial charge in [-0.2, -0.15) is 0 Å². The van der Waals surface area contributed by atoms with Crippen molar-refractivity contribution < 1.29 is 4.74 Å². The number of ether oxygens (including phenoxy) is 1. The van der Waals surface area contributed by atoms with Gasteiger partial charge in [-0.3, -0.25) is 0 Å². The summed E-state index contributed by atoms with van der Waals surface area (Å²) in [7, 11) is 0. The van der Waals surface area contributed by atoms with Gasteiger partial charge < -0.3 is 10.1 Å². The van der Waals surface area contributed by atoms with Crippen LogP contribution in [0.5, 0.6) is 5.75 Å². The monoisotopic (exact) mass is 303 g/mol. The lowest BCUT2D eigenvalue weighted by molar-refractivity contribution is 0.287.